The van der Waals surface area contributed by atoms with E-state index in [-0.39, 0.29) is 22.5 Å². The van der Waals surface area contributed by atoms with Crippen molar-refractivity contribution >= 4 is 11.7 Å². The van der Waals surface area contributed by atoms with Crippen LogP contribution in [0.2, 0.25) is 0 Å². The zero-order chi connectivity index (χ0) is 21.3. The second-order valence-electron chi connectivity index (χ2n) is 10.7. The fraction of sp³-hybridized carbons (Fsp3) is 0.480. The van der Waals surface area contributed by atoms with Gasteiger partial charge in [-0.15, -0.1) is 0 Å². The van der Waals surface area contributed by atoms with Gasteiger partial charge in [0.15, 0.2) is 0 Å². The highest BCUT2D eigenvalue weighted by Crippen LogP contribution is 2.70. The molecule has 0 spiro atoms. The summed E-state index contributed by atoms with van der Waals surface area (Å²) >= 11 is 0. The van der Waals surface area contributed by atoms with Crippen LogP contribution < -0.4 is 10.5 Å². The molecule has 4 bridgehead atoms. The van der Waals surface area contributed by atoms with Crippen LogP contribution in [0.5, 0.6) is 17.2 Å². The molecule has 0 heterocycles. The summed E-state index contributed by atoms with van der Waals surface area (Å²) in [6.45, 7) is 4.82. The van der Waals surface area contributed by atoms with Gasteiger partial charge in [0, 0.05) is 17.0 Å². The minimum Gasteiger partial charge on any atom is -0.506 e. The van der Waals surface area contributed by atoms with E-state index in [1.54, 1.807) is 24.3 Å². The number of benzene rings is 2. The standard InChI is InChI=1S/C25H29NO4/c1-23-9-15-10-24(2,12-23)14-25(11-15,13-23)17-7-18(26)19(27)8-21(17)30-20-6-4-3-5-16(20)22(28)29/h3-8,15,27H,9-14,26H2,1-2H3,(H,28,29). The molecule has 0 amide bonds. The van der Waals surface area contributed by atoms with Crippen LogP contribution in [-0.2, 0) is 5.41 Å². The van der Waals surface area contributed by atoms with Gasteiger partial charge in [-0.1, -0.05) is 26.0 Å². The largest absolute Gasteiger partial charge is 0.506 e. The van der Waals surface area contributed by atoms with Crippen molar-refractivity contribution in [2.24, 2.45) is 16.7 Å². The molecule has 4 aliphatic carbocycles. The van der Waals surface area contributed by atoms with Crippen molar-refractivity contribution in [2.45, 2.75) is 57.8 Å². The molecule has 0 radical (unpaired) electrons. The monoisotopic (exact) mass is 407 g/mol. The topological polar surface area (TPSA) is 92.8 Å². The number of carboxylic acid groups (broad SMARTS) is 1. The van der Waals surface area contributed by atoms with Crippen molar-refractivity contribution in [3.05, 3.63) is 47.5 Å². The van der Waals surface area contributed by atoms with Gasteiger partial charge in [-0.05, 0) is 73.5 Å². The number of phenolic OH excluding ortho intramolecular Hbond substituents is 1. The summed E-state index contributed by atoms with van der Waals surface area (Å²) in [4.78, 5) is 11.7. The first-order valence-electron chi connectivity index (χ1n) is 10.7. The zero-order valence-corrected chi connectivity index (χ0v) is 17.6. The third-order valence-electron chi connectivity index (χ3n) is 7.66. The van der Waals surface area contributed by atoms with Crippen molar-refractivity contribution in [3.8, 4) is 17.2 Å². The lowest BCUT2D eigenvalue weighted by atomic mass is 9.39. The molecule has 2 atom stereocenters. The van der Waals surface area contributed by atoms with E-state index in [2.05, 4.69) is 13.8 Å². The molecule has 4 saturated carbocycles. The Balaban J connectivity index is 1.64. The number of nitrogens with two attached hydrogens (primary N) is 1. The van der Waals surface area contributed by atoms with E-state index in [0.717, 1.165) is 24.8 Å². The minimum absolute atomic E-state index is 0.0382. The molecule has 4 aliphatic rings. The van der Waals surface area contributed by atoms with Crippen LogP contribution in [-0.4, -0.2) is 16.2 Å². The van der Waals surface area contributed by atoms with Gasteiger partial charge in [0.25, 0.3) is 0 Å². The average molecular weight is 408 g/mol. The lowest BCUT2D eigenvalue weighted by molar-refractivity contribution is -0.110. The Morgan fingerprint density at radius 1 is 1.03 bits per heavy atom. The number of aromatic carboxylic acids is 1. The fourth-order valence-electron chi connectivity index (χ4n) is 7.68. The third kappa shape index (κ3) is 2.94. The Kier molecular flexibility index (Phi) is 3.96. The Morgan fingerprint density at radius 2 is 1.70 bits per heavy atom. The summed E-state index contributed by atoms with van der Waals surface area (Å²) in [6, 6.07) is 10.1. The number of para-hydroxylation sites is 1. The zero-order valence-electron chi connectivity index (χ0n) is 17.6. The molecule has 2 aromatic rings. The average Bonchev–Trinajstić information content (AvgIpc) is 2.61. The highest BCUT2D eigenvalue weighted by atomic mass is 16.5. The van der Waals surface area contributed by atoms with Gasteiger partial charge in [-0.25, -0.2) is 4.79 Å². The number of carbonyl (C=O) groups is 1. The maximum Gasteiger partial charge on any atom is 0.339 e. The number of anilines is 1. The third-order valence-corrected chi connectivity index (χ3v) is 7.66. The van der Waals surface area contributed by atoms with E-state index in [4.69, 9.17) is 10.5 Å². The van der Waals surface area contributed by atoms with E-state index < -0.39 is 5.97 Å². The van der Waals surface area contributed by atoms with Gasteiger partial charge in [-0.2, -0.15) is 0 Å². The molecular formula is C25H29NO4. The number of rotatable bonds is 4. The summed E-state index contributed by atoms with van der Waals surface area (Å²) in [5.41, 5.74) is 8.15. The number of carboxylic acids is 1. The Bertz CT molecular complexity index is 1030. The van der Waals surface area contributed by atoms with Crippen molar-refractivity contribution in [2.75, 3.05) is 5.73 Å². The van der Waals surface area contributed by atoms with Crippen LogP contribution in [0.15, 0.2) is 36.4 Å². The van der Waals surface area contributed by atoms with Crippen LogP contribution in [0.25, 0.3) is 0 Å². The first kappa shape index (κ1) is 19.3. The molecule has 5 nitrogen and oxygen atoms in total. The molecule has 0 saturated heterocycles. The molecule has 4 fully saturated rings. The van der Waals surface area contributed by atoms with Crippen LogP contribution in [0.1, 0.15) is 68.3 Å². The van der Waals surface area contributed by atoms with Crippen molar-refractivity contribution in [1.82, 2.24) is 0 Å². The highest BCUT2D eigenvalue weighted by molar-refractivity contribution is 5.91. The molecule has 4 N–H and O–H groups in total. The summed E-state index contributed by atoms with van der Waals surface area (Å²) in [7, 11) is 0. The number of hydrogen-bond donors (Lipinski definition) is 3. The fourth-order valence-corrected chi connectivity index (χ4v) is 7.68. The maximum atomic E-state index is 11.7. The summed E-state index contributed by atoms with van der Waals surface area (Å²) in [5, 5.41) is 19.9. The van der Waals surface area contributed by atoms with E-state index in [9.17, 15) is 15.0 Å². The molecule has 2 unspecified atom stereocenters. The highest BCUT2D eigenvalue weighted by Gasteiger charge is 2.61. The smallest absolute Gasteiger partial charge is 0.339 e. The molecule has 0 aliphatic heterocycles. The molecular weight excluding hydrogens is 378 g/mol. The molecule has 30 heavy (non-hydrogen) atoms. The normalized spacial score (nSPS) is 34.1. The Labute approximate surface area is 176 Å². The first-order valence-corrected chi connectivity index (χ1v) is 10.7. The van der Waals surface area contributed by atoms with Gasteiger partial charge in [0.1, 0.15) is 22.8 Å². The van der Waals surface area contributed by atoms with E-state index >= 15 is 0 Å². The first-order chi connectivity index (χ1) is 14.1. The molecule has 158 valence electrons. The van der Waals surface area contributed by atoms with Crippen LogP contribution in [0.3, 0.4) is 0 Å². The predicted molar refractivity (Wildman–Crippen MR) is 115 cm³/mol. The van der Waals surface area contributed by atoms with Crippen molar-refractivity contribution in [3.63, 3.8) is 0 Å². The van der Waals surface area contributed by atoms with Gasteiger partial charge in [-0.3, -0.25) is 0 Å². The molecule has 5 heteroatoms. The number of hydrogen-bond acceptors (Lipinski definition) is 4. The SMILES string of the molecule is CC12CC3CC(C)(C1)CC(c1cc(N)c(O)cc1Oc1ccccc1C(=O)O)(C3)C2. The van der Waals surface area contributed by atoms with E-state index in [1.165, 1.54) is 25.3 Å². The van der Waals surface area contributed by atoms with E-state index in [1.807, 2.05) is 6.07 Å². The molecule has 6 rings (SSSR count). The van der Waals surface area contributed by atoms with Crippen molar-refractivity contribution in [1.29, 1.82) is 0 Å². The van der Waals surface area contributed by atoms with Gasteiger partial charge >= 0.3 is 5.97 Å². The lowest BCUT2D eigenvalue weighted by Gasteiger charge is -2.65. The molecule has 0 aromatic heterocycles. The quantitative estimate of drug-likeness (QED) is 0.446. The summed E-state index contributed by atoms with van der Waals surface area (Å²) in [6.07, 6.45) is 7.05. The van der Waals surface area contributed by atoms with Crippen LogP contribution in [0, 0.1) is 16.7 Å². The number of phenols is 1. The summed E-state index contributed by atoms with van der Waals surface area (Å²) in [5.74, 6) is 0.401. The second-order valence-corrected chi connectivity index (χ2v) is 10.7. The lowest BCUT2D eigenvalue weighted by Crippen LogP contribution is -2.56. The molecule has 2 aromatic carbocycles. The summed E-state index contributed by atoms with van der Waals surface area (Å²) < 4.78 is 6.20. The van der Waals surface area contributed by atoms with Crippen LogP contribution >= 0.6 is 0 Å². The minimum atomic E-state index is -1.04. The number of nitrogen functional groups attached to an aromatic ring is 1. The Hall–Kier alpha value is -2.69. The van der Waals surface area contributed by atoms with Crippen LogP contribution in [0.4, 0.5) is 5.69 Å². The number of aromatic hydroxyl groups is 1. The Morgan fingerprint density at radius 3 is 2.33 bits per heavy atom. The second kappa shape index (κ2) is 6.16. The van der Waals surface area contributed by atoms with E-state index in [0.29, 0.717) is 28.2 Å². The van der Waals surface area contributed by atoms with Gasteiger partial charge < -0.3 is 20.7 Å². The van der Waals surface area contributed by atoms with Gasteiger partial charge in [0.05, 0.1) is 5.69 Å². The van der Waals surface area contributed by atoms with Gasteiger partial charge in [0.2, 0.25) is 0 Å². The maximum absolute atomic E-state index is 11.7. The van der Waals surface area contributed by atoms with Crippen molar-refractivity contribution < 1.29 is 19.7 Å². The number of ether oxygens (including phenoxy) is 1. The predicted octanol–water partition coefficient (Wildman–Crippen LogP) is 5.71.